The Kier molecular flexibility index (Phi) is 5.95. The summed E-state index contributed by atoms with van der Waals surface area (Å²) < 4.78 is 10.9. The number of hydrogen-bond acceptors (Lipinski definition) is 5. The normalized spacial score (nSPS) is 14.6. The fourth-order valence-corrected chi connectivity index (χ4v) is 4.85. The molecular formula is C27H28O4S. The van der Waals surface area contributed by atoms with Gasteiger partial charge in [-0.3, -0.25) is 4.79 Å². The van der Waals surface area contributed by atoms with Gasteiger partial charge in [-0.1, -0.05) is 48.5 Å². The lowest BCUT2D eigenvalue weighted by Crippen LogP contribution is -2.24. The van der Waals surface area contributed by atoms with Crippen molar-refractivity contribution in [3.05, 3.63) is 71.1 Å². The topological polar surface area (TPSA) is 52.6 Å². The van der Waals surface area contributed by atoms with E-state index in [0.29, 0.717) is 12.2 Å². The first-order valence-electron chi connectivity index (χ1n) is 10.9. The summed E-state index contributed by atoms with van der Waals surface area (Å²) in [4.78, 5) is 26.2. The third kappa shape index (κ3) is 4.35. The van der Waals surface area contributed by atoms with Gasteiger partial charge in [0.25, 0.3) is 0 Å². The predicted molar refractivity (Wildman–Crippen MR) is 128 cm³/mol. The van der Waals surface area contributed by atoms with Gasteiger partial charge in [-0.25, -0.2) is 4.79 Å². The zero-order valence-corrected chi connectivity index (χ0v) is 19.8. The van der Waals surface area contributed by atoms with Crippen LogP contribution in [0.3, 0.4) is 0 Å². The number of benzene rings is 2. The van der Waals surface area contributed by atoms with Crippen molar-refractivity contribution in [1.29, 1.82) is 0 Å². The molecule has 0 bridgehead atoms. The molecule has 0 amide bonds. The maximum absolute atomic E-state index is 12.7. The van der Waals surface area contributed by atoms with Gasteiger partial charge in [-0.15, -0.1) is 11.3 Å². The van der Waals surface area contributed by atoms with Gasteiger partial charge in [0, 0.05) is 4.88 Å². The Balaban J connectivity index is 1.65. The number of rotatable bonds is 6. The van der Waals surface area contributed by atoms with Crippen molar-refractivity contribution in [2.75, 3.05) is 6.61 Å². The van der Waals surface area contributed by atoms with Crippen LogP contribution in [0.5, 0.6) is 0 Å². The summed E-state index contributed by atoms with van der Waals surface area (Å²) in [6.07, 6.45) is 1.63. The first-order chi connectivity index (χ1) is 15.2. The van der Waals surface area contributed by atoms with Crippen LogP contribution in [0.15, 0.2) is 60.0 Å². The molecule has 4 nitrogen and oxygen atoms in total. The van der Waals surface area contributed by atoms with Crippen LogP contribution in [0.1, 0.15) is 56.5 Å². The van der Waals surface area contributed by atoms with E-state index in [1.807, 2.05) is 81.6 Å². The average molecular weight is 449 g/mol. The Hall–Kier alpha value is -2.92. The summed E-state index contributed by atoms with van der Waals surface area (Å²) in [6, 6.07) is 18.0. The van der Waals surface area contributed by atoms with E-state index in [4.69, 9.17) is 9.47 Å². The molecule has 0 radical (unpaired) electrons. The van der Waals surface area contributed by atoms with E-state index in [2.05, 4.69) is 6.07 Å². The molecule has 3 aromatic rings. The molecule has 1 aliphatic rings. The zero-order valence-electron chi connectivity index (χ0n) is 18.9. The van der Waals surface area contributed by atoms with Crippen LogP contribution in [0, 0.1) is 0 Å². The van der Waals surface area contributed by atoms with Gasteiger partial charge in [-0.05, 0) is 74.2 Å². The van der Waals surface area contributed by atoms with Crippen LogP contribution in [0.25, 0.3) is 21.6 Å². The van der Waals surface area contributed by atoms with Crippen LogP contribution in [-0.4, -0.2) is 24.1 Å². The molecule has 0 spiro atoms. The van der Waals surface area contributed by atoms with Crippen molar-refractivity contribution >= 4 is 23.3 Å². The first kappa shape index (κ1) is 22.3. The highest BCUT2D eigenvalue weighted by Crippen LogP contribution is 2.52. The summed E-state index contributed by atoms with van der Waals surface area (Å²) in [7, 11) is 0. The molecule has 0 unspecified atom stereocenters. The third-order valence-electron chi connectivity index (χ3n) is 5.60. The standard InChI is InChI=1S/C27H28O4S/c1-5-30-25(29)27(15-16-27)22-9-7-6-8-20(22)18-10-12-19(13-11-18)23-21(14-17-32-23)24(28)31-26(2,3)4/h6-14,17H,5,15-16H2,1-4H3. The predicted octanol–water partition coefficient (Wildman–Crippen LogP) is 6.63. The van der Waals surface area contributed by atoms with Gasteiger partial charge in [0.05, 0.1) is 17.6 Å². The molecule has 0 N–H and O–H groups in total. The molecule has 0 aliphatic heterocycles. The minimum atomic E-state index is -0.540. The number of esters is 2. The average Bonchev–Trinajstić information content (AvgIpc) is 3.42. The van der Waals surface area contributed by atoms with Gasteiger partial charge < -0.3 is 9.47 Å². The van der Waals surface area contributed by atoms with E-state index in [1.54, 1.807) is 0 Å². The Morgan fingerprint density at radius 1 is 0.969 bits per heavy atom. The smallest absolute Gasteiger partial charge is 0.340 e. The van der Waals surface area contributed by atoms with E-state index in [9.17, 15) is 9.59 Å². The van der Waals surface area contributed by atoms with E-state index in [0.717, 1.165) is 40.0 Å². The van der Waals surface area contributed by atoms with Gasteiger partial charge in [0.15, 0.2) is 0 Å². The summed E-state index contributed by atoms with van der Waals surface area (Å²) in [5, 5.41) is 1.91. The van der Waals surface area contributed by atoms with Crippen LogP contribution in [0.4, 0.5) is 0 Å². The van der Waals surface area contributed by atoms with Gasteiger partial charge >= 0.3 is 11.9 Å². The largest absolute Gasteiger partial charge is 0.465 e. The molecule has 166 valence electrons. The molecule has 2 aromatic carbocycles. The highest BCUT2D eigenvalue weighted by molar-refractivity contribution is 7.14. The molecule has 1 aliphatic carbocycles. The Morgan fingerprint density at radius 2 is 1.62 bits per heavy atom. The Bertz CT molecular complexity index is 1130. The van der Waals surface area contributed by atoms with Crippen LogP contribution < -0.4 is 0 Å². The first-order valence-corrected chi connectivity index (χ1v) is 11.8. The van der Waals surface area contributed by atoms with E-state index >= 15 is 0 Å². The molecular weight excluding hydrogens is 420 g/mol. The second kappa shape index (κ2) is 8.55. The summed E-state index contributed by atoms with van der Waals surface area (Å²) in [6.45, 7) is 7.83. The Labute approximate surface area is 193 Å². The van der Waals surface area contributed by atoms with E-state index in [-0.39, 0.29) is 11.9 Å². The molecule has 32 heavy (non-hydrogen) atoms. The number of ether oxygens (including phenoxy) is 2. The Morgan fingerprint density at radius 3 is 2.25 bits per heavy atom. The summed E-state index contributed by atoms with van der Waals surface area (Å²) in [5.74, 6) is -0.446. The number of carbonyl (C=O) groups excluding carboxylic acids is 2. The molecule has 0 saturated heterocycles. The van der Waals surface area contributed by atoms with Crippen molar-refractivity contribution in [3.8, 4) is 21.6 Å². The fourth-order valence-electron chi connectivity index (χ4n) is 3.96. The minimum absolute atomic E-state index is 0.135. The quantitative estimate of drug-likeness (QED) is 0.397. The van der Waals surface area contributed by atoms with Crippen LogP contribution in [-0.2, 0) is 19.7 Å². The van der Waals surface area contributed by atoms with Crippen molar-refractivity contribution < 1.29 is 19.1 Å². The van der Waals surface area contributed by atoms with Crippen molar-refractivity contribution in [2.45, 2.75) is 51.6 Å². The maximum Gasteiger partial charge on any atom is 0.340 e. The van der Waals surface area contributed by atoms with Crippen LogP contribution in [0.2, 0.25) is 0 Å². The van der Waals surface area contributed by atoms with Crippen molar-refractivity contribution in [2.24, 2.45) is 0 Å². The summed E-state index contributed by atoms with van der Waals surface area (Å²) >= 11 is 1.52. The second-order valence-corrected chi connectivity index (χ2v) is 10.0. The zero-order chi connectivity index (χ0) is 22.9. The monoisotopic (exact) mass is 448 g/mol. The van der Waals surface area contributed by atoms with E-state index < -0.39 is 11.0 Å². The molecule has 1 saturated carbocycles. The highest BCUT2D eigenvalue weighted by atomic mass is 32.1. The number of carbonyl (C=O) groups is 2. The molecule has 5 heteroatoms. The third-order valence-corrected chi connectivity index (χ3v) is 6.56. The van der Waals surface area contributed by atoms with Crippen LogP contribution >= 0.6 is 11.3 Å². The molecule has 1 aromatic heterocycles. The van der Waals surface area contributed by atoms with Crippen molar-refractivity contribution in [1.82, 2.24) is 0 Å². The van der Waals surface area contributed by atoms with Gasteiger partial charge in [0.1, 0.15) is 5.60 Å². The molecule has 0 atom stereocenters. The SMILES string of the molecule is CCOC(=O)C1(c2ccccc2-c2ccc(-c3sccc3C(=O)OC(C)(C)C)cc2)CC1. The lowest BCUT2D eigenvalue weighted by atomic mass is 9.88. The maximum atomic E-state index is 12.7. The molecule has 4 rings (SSSR count). The minimum Gasteiger partial charge on any atom is -0.465 e. The molecule has 1 fully saturated rings. The molecule has 1 heterocycles. The lowest BCUT2D eigenvalue weighted by molar-refractivity contribution is -0.146. The highest BCUT2D eigenvalue weighted by Gasteiger charge is 2.53. The fraction of sp³-hybridized carbons (Fsp3) is 0.333. The van der Waals surface area contributed by atoms with Crippen molar-refractivity contribution in [3.63, 3.8) is 0 Å². The van der Waals surface area contributed by atoms with Gasteiger partial charge in [-0.2, -0.15) is 0 Å². The summed E-state index contributed by atoms with van der Waals surface area (Å²) in [5.41, 5.74) is 3.59. The number of hydrogen-bond donors (Lipinski definition) is 0. The van der Waals surface area contributed by atoms with E-state index in [1.165, 1.54) is 11.3 Å². The van der Waals surface area contributed by atoms with Gasteiger partial charge in [0.2, 0.25) is 0 Å². The lowest BCUT2D eigenvalue weighted by Gasteiger charge is -2.20. The second-order valence-electron chi connectivity index (χ2n) is 9.09. The number of thiophene rings is 1.